The van der Waals surface area contributed by atoms with Crippen molar-refractivity contribution in [2.75, 3.05) is 32.8 Å². The number of nitrogens with zero attached hydrogens (tertiary/aromatic N) is 2. The molecule has 150 valence electrons. The van der Waals surface area contributed by atoms with Gasteiger partial charge in [-0.1, -0.05) is 0 Å². The van der Waals surface area contributed by atoms with Gasteiger partial charge in [0, 0.05) is 31.7 Å². The summed E-state index contributed by atoms with van der Waals surface area (Å²) in [6, 6.07) is 0.764. The molecule has 1 aromatic rings. The number of ether oxygens (including phenoxy) is 1. The Balaban J connectivity index is 2.22. The second-order valence-corrected chi connectivity index (χ2v) is 5.77. The van der Waals surface area contributed by atoms with Crippen LogP contribution in [0.3, 0.4) is 0 Å². The number of benzene rings is 1. The summed E-state index contributed by atoms with van der Waals surface area (Å²) in [4.78, 5) is 26.4. The van der Waals surface area contributed by atoms with Gasteiger partial charge in [0.05, 0.1) is 17.7 Å². The van der Waals surface area contributed by atoms with E-state index in [2.05, 4.69) is 0 Å². The van der Waals surface area contributed by atoms with Crippen molar-refractivity contribution in [2.24, 2.45) is 0 Å². The predicted octanol–water partition coefficient (Wildman–Crippen LogP) is 3.64. The second-order valence-electron chi connectivity index (χ2n) is 5.77. The summed E-state index contributed by atoms with van der Waals surface area (Å²) in [6.45, 7) is 1.84. The fourth-order valence-electron chi connectivity index (χ4n) is 2.57. The van der Waals surface area contributed by atoms with Crippen LogP contribution in [0.25, 0.3) is 0 Å². The van der Waals surface area contributed by atoms with Crippen LogP contribution in [0.15, 0.2) is 18.2 Å². The smallest absolute Gasteiger partial charge is 0.416 e. The molecule has 2 amide bonds. The number of halogens is 6. The molecule has 0 radical (unpaired) electrons. The van der Waals surface area contributed by atoms with Crippen LogP contribution in [-0.4, -0.2) is 54.6 Å². The van der Waals surface area contributed by atoms with Gasteiger partial charge in [-0.2, -0.15) is 26.3 Å². The lowest BCUT2D eigenvalue weighted by atomic mass is 10.0. The van der Waals surface area contributed by atoms with Gasteiger partial charge >= 0.3 is 18.4 Å². The highest BCUT2D eigenvalue weighted by Crippen LogP contribution is 2.36. The first-order valence-electron chi connectivity index (χ1n) is 7.94. The lowest BCUT2D eigenvalue weighted by molar-refractivity contribution is -0.143. The number of amides is 2. The molecular formula is C16H16F6N2O3. The standard InChI is InChI=1S/C16H16F6N2O3/c1-2-27-14(26)24-5-3-23(4-6-24)13(25)10-7-11(15(17,18)19)9-12(8-10)16(20,21)22/h7-9H,2-6H2,1H3. The number of hydrogen-bond donors (Lipinski definition) is 0. The summed E-state index contributed by atoms with van der Waals surface area (Å²) in [5, 5.41) is 0. The minimum Gasteiger partial charge on any atom is -0.450 e. The van der Waals surface area contributed by atoms with E-state index in [1.54, 1.807) is 6.92 Å². The highest BCUT2D eigenvalue weighted by atomic mass is 19.4. The Morgan fingerprint density at radius 3 is 1.74 bits per heavy atom. The Bertz CT molecular complexity index is 677. The molecule has 0 atom stereocenters. The van der Waals surface area contributed by atoms with E-state index < -0.39 is 41.0 Å². The number of piperazine rings is 1. The third kappa shape index (κ3) is 5.04. The summed E-state index contributed by atoms with van der Waals surface area (Å²) >= 11 is 0. The molecule has 0 unspecified atom stereocenters. The van der Waals surface area contributed by atoms with Gasteiger partial charge in [0.25, 0.3) is 5.91 Å². The molecule has 0 saturated carbocycles. The normalized spacial score (nSPS) is 15.7. The van der Waals surface area contributed by atoms with E-state index in [-0.39, 0.29) is 38.9 Å². The minimum absolute atomic E-state index is 0.0323. The maximum atomic E-state index is 12.9. The Hall–Kier alpha value is -2.46. The van der Waals surface area contributed by atoms with Gasteiger partial charge in [-0.15, -0.1) is 0 Å². The zero-order chi connectivity index (χ0) is 20.4. The largest absolute Gasteiger partial charge is 0.450 e. The fraction of sp³-hybridized carbons (Fsp3) is 0.500. The first kappa shape index (κ1) is 20.8. The van der Waals surface area contributed by atoms with Gasteiger partial charge in [0.15, 0.2) is 0 Å². The predicted molar refractivity (Wildman–Crippen MR) is 80.9 cm³/mol. The molecule has 0 aromatic heterocycles. The molecule has 1 aromatic carbocycles. The second kappa shape index (κ2) is 7.65. The van der Waals surface area contributed by atoms with Gasteiger partial charge in [0.2, 0.25) is 0 Å². The van der Waals surface area contributed by atoms with Crippen LogP contribution in [0.4, 0.5) is 31.1 Å². The van der Waals surface area contributed by atoms with E-state index in [9.17, 15) is 35.9 Å². The van der Waals surface area contributed by atoms with Gasteiger partial charge in [-0.05, 0) is 25.1 Å². The molecule has 5 nitrogen and oxygen atoms in total. The zero-order valence-electron chi connectivity index (χ0n) is 14.2. The lowest BCUT2D eigenvalue weighted by Gasteiger charge is -2.34. The SMILES string of the molecule is CCOC(=O)N1CCN(C(=O)c2cc(C(F)(F)F)cc(C(F)(F)F)c2)CC1. The number of hydrogen-bond acceptors (Lipinski definition) is 3. The van der Waals surface area contributed by atoms with Crippen LogP contribution in [0.1, 0.15) is 28.4 Å². The molecule has 1 fully saturated rings. The first-order valence-corrected chi connectivity index (χ1v) is 7.94. The third-order valence-corrected chi connectivity index (χ3v) is 3.93. The molecule has 1 aliphatic rings. The molecule has 27 heavy (non-hydrogen) atoms. The van der Waals surface area contributed by atoms with E-state index in [4.69, 9.17) is 4.74 Å². The Morgan fingerprint density at radius 2 is 1.33 bits per heavy atom. The zero-order valence-corrected chi connectivity index (χ0v) is 14.2. The highest BCUT2D eigenvalue weighted by molar-refractivity contribution is 5.95. The Kier molecular flexibility index (Phi) is 5.91. The van der Waals surface area contributed by atoms with Crippen molar-refractivity contribution in [3.63, 3.8) is 0 Å². The Labute approximate surface area is 150 Å². The molecule has 0 spiro atoms. The van der Waals surface area contributed by atoms with E-state index in [0.717, 1.165) is 4.90 Å². The summed E-state index contributed by atoms with van der Waals surface area (Å²) in [5.74, 6) is -0.963. The molecule has 11 heteroatoms. The van der Waals surface area contributed by atoms with Crippen LogP contribution in [0, 0.1) is 0 Å². The van der Waals surface area contributed by atoms with Gasteiger partial charge in [0.1, 0.15) is 0 Å². The number of alkyl halides is 6. The van der Waals surface area contributed by atoms with Gasteiger partial charge in [-0.25, -0.2) is 4.79 Å². The topological polar surface area (TPSA) is 49.9 Å². The van der Waals surface area contributed by atoms with Crippen LogP contribution < -0.4 is 0 Å². The maximum Gasteiger partial charge on any atom is 0.416 e. The van der Waals surface area contributed by atoms with Crippen molar-refractivity contribution >= 4 is 12.0 Å². The minimum atomic E-state index is -5.03. The summed E-state index contributed by atoms with van der Waals surface area (Å²) < 4.78 is 82.2. The molecular weight excluding hydrogens is 382 g/mol. The van der Waals surface area contributed by atoms with E-state index in [1.807, 2.05) is 0 Å². The fourth-order valence-corrected chi connectivity index (χ4v) is 2.57. The number of carbonyl (C=O) groups excluding carboxylic acids is 2. The molecule has 1 aliphatic heterocycles. The summed E-state index contributed by atoms with van der Waals surface area (Å²) in [5.41, 5.74) is -3.81. The van der Waals surface area contributed by atoms with Crippen molar-refractivity contribution in [3.05, 3.63) is 34.9 Å². The summed E-state index contributed by atoms with van der Waals surface area (Å²) in [7, 11) is 0. The highest BCUT2D eigenvalue weighted by Gasteiger charge is 2.38. The molecule has 0 bridgehead atoms. The van der Waals surface area contributed by atoms with Crippen LogP contribution in [0.5, 0.6) is 0 Å². The van der Waals surface area contributed by atoms with E-state index >= 15 is 0 Å². The molecule has 1 heterocycles. The van der Waals surface area contributed by atoms with Crippen molar-refractivity contribution in [3.8, 4) is 0 Å². The lowest BCUT2D eigenvalue weighted by Crippen LogP contribution is -2.50. The van der Waals surface area contributed by atoms with Crippen molar-refractivity contribution < 1.29 is 40.7 Å². The van der Waals surface area contributed by atoms with E-state index in [1.165, 1.54) is 4.90 Å². The molecule has 2 rings (SSSR count). The van der Waals surface area contributed by atoms with Crippen LogP contribution >= 0.6 is 0 Å². The molecule has 0 aliphatic carbocycles. The molecule has 0 N–H and O–H groups in total. The van der Waals surface area contributed by atoms with Crippen molar-refractivity contribution in [1.29, 1.82) is 0 Å². The monoisotopic (exact) mass is 398 g/mol. The average molecular weight is 398 g/mol. The van der Waals surface area contributed by atoms with Gasteiger partial charge < -0.3 is 14.5 Å². The van der Waals surface area contributed by atoms with Gasteiger partial charge in [-0.3, -0.25) is 4.79 Å². The quantitative estimate of drug-likeness (QED) is 0.715. The van der Waals surface area contributed by atoms with Crippen molar-refractivity contribution in [1.82, 2.24) is 9.80 Å². The molecule has 1 saturated heterocycles. The Morgan fingerprint density at radius 1 is 0.889 bits per heavy atom. The van der Waals surface area contributed by atoms with E-state index in [0.29, 0.717) is 12.1 Å². The van der Waals surface area contributed by atoms with Crippen LogP contribution in [-0.2, 0) is 17.1 Å². The average Bonchev–Trinajstić information content (AvgIpc) is 2.59. The number of rotatable bonds is 2. The third-order valence-electron chi connectivity index (χ3n) is 3.93. The van der Waals surface area contributed by atoms with Crippen molar-refractivity contribution in [2.45, 2.75) is 19.3 Å². The maximum absolute atomic E-state index is 12.9. The first-order chi connectivity index (χ1) is 12.4. The van der Waals surface area contributed by atoms with Crippen LogP contribution in [0.2, 0.25) is 0 Å². The number of carbonyl (C=O) groups is 2. The summed E-state index contributed by atoms with van der Waals surface area (Å²) in [6.07, 6.45) is -10.7.